The zero-order chi connectivity index (χ0) is 17.7. The zero-order valence-corrected chi connectivity index (χ0v) is 14.6. The minimum Gasteiger partial charge on any atom is -0.329 e. The summed E-state index contributed by atoms with van der Waals surface area (Å²) in [4.78, 5) is 33.5. The Morgan fingerprint density at radius 3 is 2.88 bits per heavy atom. The number of nitrogens with zero attached hydrogens (tertiary/aromatic N) is 3. The first kappa shape index (κ1) is 15.8. The molecule has 26 heavy (non-hydrogen) atoms. The van der Waals surface area contributed by atoms with Gasteiger partial charge in [0.15, 0.2) is 0 Å². The molecule has 3 saturated heterocycles. The number of fused-ring (bicyclic) bond motifs is 3. The number of nitrogens with one attached hydrogen (secondary N) is 1. The van der Waals surface area contributed by atoms with Gasteiger partial charge < -0.3 is 15.1 Å². The van der Waals surface area contributed by atoms with Gasteiger partial charge in [0.2, 0.25) is 11.8 Å². The number of piperazine rings is 1. The summed E-state index contributed by atoms with van der Waals surface area (Å²) in [6, 6.07) is 9.84. The standard InChI is InChI=1S/C20H22N4O2/c25-19-17-7-3-9-23(17)20(26)18-10-14(12-24(18)19)22-11-13-4-1-6-16-15(13)5-2-8-21-16/h1-2,4-6,8,14,17-18,22H,3,7,9-12H2/t14-,17+,18-/m0/s1. The van der Waals surface area contributed by atoms with Crippen LogP contribution in [-0.4, -0.2) is 57.8 Å². The lowest BCUT2D eigenvalue weighted by atomic mass is 10.1. The third kappa shape index (κ3) is 2.40. The first-order chi connectivity index (χ1) is 12.7. The fourth-order valence-electron chi connectivity index (χ4n) is 4.71. The minimum atomic E-state index is -0.275. The van der Waals surface area contributed by atoms with Crippen LogP contribution in [0.15, 0.2) is 36.5 Å². The van der Waals surface area contributed by atoms with Gasteiger partial charge >= 0.3 is 0 Å². The molecule has 3 aliphatic rings. The Hall–Kier alpha value is -2.47. The van der Waals surface area contributed by atoms with Crippen molar-refractivity contribution in [2.24, 2.45) is 0 Å². The largest absolute Gasteiger partial charge is 0.329 e. The van der Waals surface area contributed by atoms with Crippen LogP contribution in [0.25, 0.3) is 10.9 Å². The van der Waals surface area contributed by atoms with Crippen LogP contribution in [0.5, 0.6) is 0 Å². The van der Waals surface area contributed by atoms with E-state index in [9.17, 15) is 9.59 Å². The number of aromatic nitrogens is 1. The van der Waals surface area contributed by atoms with E-state index >= 15 is 0 Å². The Balaban J connectivity index is 1.31. The summed E-state index contributed by atoms with van der Waals surface area (Å²) in [6.07, 6.45) is 4.27. The van der Waals surface area contributed by atoms with E-state index in [0.717, 1.165) is 30.3 Å². The number of carbonyl (C=O) groups is 2. The molecule has 1 aromatic carbocycles. The molecule has 1 aromatic heterocycles. The number of hydrogen-bond acceptors (Lipinski definition) is 4. The van der Waals surface area contributed by atoms with Crippen molar-refractivity contribution in [3.05, 3.63) is 42.1 Å². The maximum atomic E-state index is 12.7. The molecule has 2 aromatic rings. The van der Waals surface area contributed by atoms with Crippen molar-refractivity contribution in [3.63, 3.8) is 0 Å². The van der Waals surface area contributed by atoms with Crippen LogP contribution < -0.4 is 5.32 Å². The lowest BCUT2D eigenvalue weighted by Gasteiger charge is -2.38. The molecule has 3 fully saturated rings. The monoisotopic (exact) mass is 350 g/mol. The fourth-order valence-corrected chi connectivity index (χ4v) is 4.71. The Morgan fingerprint density at radius 1 is 1.08 bits per heavy atom. The molecular formula is C20H22N4O2. The summed E-state index contributed by atoms with van der Waals surface area (Å²) < 4.78 is 0. The van der Waals surface area contributed by atoms with E-state index in [1.54, 1.807) is 6.20 Å². The lowest BCUT2D eigenvalue weighted by Crippen LogP contribution is -2.60. The molecule has 0 saturated carbocycles. The number of pyridine rings is 1. The highest BCUT2D eigenvalue weighted by Crippen LogP contribution is 2.32. The van der Waals surface area contributed by atoms with Crippen LogP contribution in [-0.2, 0) is 16.1 Å². The topological polar surface area (TPSA) is 65.5 Å². The first-order valence-electron chi connectivity index (χ1n) is 9.39. The molecule has 0 unspecified atom stereocenters. The maximum absolute atomic E-state index is 12.7. The second-order valence-electron chi connectivity index (χ2n) is 7.50. The molecule has 0 aliphatic carbocycles. The van der Waals surface area contributed by atoms with Crippen molar-refractivity contribution in [1.82, 2.24) is 20.1 Å². The Bertz CT molecular complexity index is 848. The molecule has 1 N–H and O–H groups in total. The Morgan fingerprint density at radius 2 is 1.96 bits per heavy atom. The average molecular weight is 350 g/mol. The quantitative estimate of drug-likeness (QED) is 0.906. The van der Waals surface area contributed by atoms with Gasteiger partial charge in [-0.25, -0.2) is 0 Å². The SMILES string of the molecule is O=C1[C@@H]2C[C@H](NCc3cccc4ncccc34)CN2C(=O)[C@H]2CCCN12. The van der Waals surface area contributed by atoms with Crippen LogP contribution >= 0.6 is 0 Å². The third-order valence-electron chi connectivity index (χ3n) is 6.01. The summed E-state index contributed by atoms with van der Waals surface area (Å²) in [5, 5.41) is 4.71. The number of hydrogen-bond donors (Lipinski definition) is 1. The van der Waals surface area contributed by atoms with Gasteiger partial charge in [-0.2, -0.15) is 0 Å². The van der Waals surface area contributed by atoms with Gasteiger partial charge in [0.1, 0.15) is 12.1 Å². The Labute approximate surface area is 152 Å². The first-order valence-corrected chi connectivity index (χ1v) is 9.39. The third-order valence-corrected chi connectivity index (χ3v) is 6.01. The van der Waals surface area contributed by atoms with Gasteiger partial charge in [-0.1, -0.05) is 18.2 Å². The normalized spacial score (nSPS) is 27.9. The summed E-state index contributed by atoms with van der Waals surface area (Å²) in [5.41, 5.74) is 2.18. The average Bonchev–Trinajstić information content (AvgIpc) is 3.32. The van der Waals surface area contributed by atoms with Crippen LogP contribution in [0, 0.1) is 0 Å². The zero-order valence-electron chi connectivity index (χ0n) is 14.6. The van der Waals surface area contributed by atoms with Crippen LogP contribution in [0.3, 0.4) is 0 Å². The number of rotatable bonds is 3. The van der Waals surface area contributed by atoms with Crippen LogP contribution in [0.4, 0.5) is 0 Å². The van der Waals surface area contributed by atoms with E-state index in [4.69, 9.17) is 0 Å². The molecule has 6 nitrogen and oxygen atoms in total. The van der Waals surface area contributed by atoms with Gasteiger partial charge in [-0.3, -0.25) is 14.6 Å². The molecule has 0 radical (unpaired) electrons. The molecule has 0 spiro atoms. The highest BCUT2D eigenvalue weighted by atomic mass is 16.2. The molecule has 2 amide bonds. The predicted octanol–water partition coefficient (Wildman–Crippen LogP) is 1.30. The Kier molecular flexibility index (Phi) is 3.67. The van der Waals surface area contributed by atoms with Crippen molar-refractivity contribution in [2.75, 3.05) is 13.1 Å². The number of carbonyl (C=O) groups excluding carboxylic acids is 2. The van der Waals surface area contributed by atoms with E-state index in [-0.39, 0.29) is 29.9 Å². The highest BCUT2D eigenvalue weighted by Gasteiger charge is 2.51. The van der Waals surface area contributed by atoms with E-state index in [2.05, 4.69) is 22.4 Å². The van der Waals surface area contributed by atoms with Gasteiger partial charge in [0.05, 0.1) is 5.52 Å². The van der Waals surface area contributed by atoms with Gasteiger partial charge in [-0.15, -0.1) is 0 Å². The fraction of sp³-hybridized carbons (Fsp3) is 0.450. The molecule has 3 aliphatic heterocycles. The second kappa shape index (κ2) is 6.06. The van der Waals surface area contributed by atoms with Crippen LogP contribution in [0.2, 0.25) is 0 Å². The molecule has 134 valence electrons. The molecule has 5 rings (SSSR count). The predicted molar refractivity (Wildman–Crippen MR) is 97.2 cm³/mol. The van der Waals surface area contributed by atoms with Crippen molar-refractivity contribution in [1.29, 1.82) is 0 Å². The van der Waals surface area contributed by atoms with Crippen molar-refractivity contribution in [3.8, 4) is 0 Å². The number of benzene rings is 1. The molecular weight excluding hydrogens is 328 g/mol. The highest BCUT2D eigenvalue weighted by molar-refractivity contribution is 5.98. The van der Waals surface area contributed by atoms with Crippen molar-refractivity contribution < 1.29 is 9.59 Å². The lowest BCUT2D eigenvalue weighted by molar-refractivity contribution is -0.156. The van der Waals surface area contributed by atoms with Crippen molar-refractivity contribution >= 4 is 22.7 Å². The minimum absolute atomic E-state index is 0.144. The summed E-state index contributed by atoms with van der Waals surface area (Å²) in [7, 11) is 0. The van der Waals surface area contributed by atoms with E-state index < -0.39 is 0 Å². The van der Waals surface area contributed by atoms with Crippen molar-refractivity contribution in [2.45, 2.75) is 43.9 Å². The van der Waals surface area contributed by atoms with Gasteiger partial charge in [0, 0.05) is 37.3 Å². The van der Waals surface area contributed by atoms with E-state index in [0.29, 0.717) is 19.5 Å². The van der Waals surface area contributed by atoms with Gasteiger partial charge in [-0.05, 0) is 37.0 Å². The van der Waals surface area contributed by atoms with Gasteiger partial charge in [0.25, 0.3) is 0 Å². The maximum Gasteiger partial charge on any atom is 0.246 e. The summed E-state index contributed by atoms with van der Waals surface area (Å²) in [6.45, 7) is 2.08. The molecule has 0 bridgehead atoms. The molecule has 6 heteroatoms. The van der Waals surface area contributed by atoms with E-state index in [1.165, 1.54) is 5.56 Å². The summed E-state index contributed by atoms with van der Waals surface area (Å²) >= 11 is 0. The number of amides is 2. The van der Waals surface area contributed by atoms with Crippen LogP contribution in [0.1, 0.15) is 24.8 Å². The molecule has 4 heterocycles. The smallest absolute Gasteiger partial charge is 0.246 e. The van der Waals surface area contributed by atoms with E-state index in [1.807, 2.05) is 28.0 Å². The molecule has 3 atom stereocenters. The second-order valence-corrected chi connectivity index (χ2v) is 7.50. The summed E-state index contributed by atoms with van der Waals surface area (Å²) in [5.74, 6) is 0.288.